The van der Waals surface area contributed by atoms with Crippen LogP contribution in [-0.4, -0.2) is 48.4 Å². The van der Waals surface area contributed by atoms with Gasteiger partial charge in [-0.2, -0.15) is 0 Å². The molecular weight excluding hydrogens is 510 g/mol. The molecule has 0 saturated carbocycles. The zero-order valence-corrected chi connectivity index (χ0v) is 24.1. The minimum absolute atomic E-state index is 0.0198. The first-order valence-corrected chi connectivity index (χ1v) is 14.3. The van der Waals surface area contributed by atoms with E-state index >= 15 is 0 Å². The van der Waals surface area contributed by atoms with E-state index < -0.39 is 0 Å². The molecule has 6 heteroatoms. The van der Waals surface area contributed by atoms with Gasteiger partial charge in [-0.3, -0.25) is 9.59 Å². The van der Waals surface area contributed by atoms with Gasteiger partial charge in [0.2, 0.25) is 17.6 Å². The minimum Gasteiger partial charge on any atom is -0.468 e. The molecule has 41 heavy (non-hydrogen) atoms. The SMILES string of the molecule is CN(CCCNc1cc2c(c3c1C(=O)c1ccccc1C3=O)[NH+]=C1C=CC(C(C)(C)C)=CC1O2)Cc1ccccc1. The lowest BCUT2D eigenvalue weighted by Gasteiger charge is -2.29. The molecule has 1 unspecified atom stereocenters. The highest BCUT2D eigenvalue weighted by atomic mass is 16.5. The molecule has 3 aliphatic rings. The summed E-state index contributed by atoms with van der Waals surface area (Å²) in [4.78, 5) is 33.5. The number of ketones is 2. The summed E-state index contributed by atoms with van der Waals surface area (Å²) in [6.45, 7) is 8.94. The topological polar surface area (TPSA) is 72.6 Å². The fourth-order valence-electron chi connectivity index (χ4n) is 5.75. The number of anilines is 1. The van der Waals surface area contributed by atoms with Gasteiger partial charge in [0.25, 0.3) is 5.69 Å². The van der Waals surface area contributed by atoms with Crippen molar-refractivity contribution in [1.29, 1.82) is 0 Å². The number of carbonyl (C=O) groups is 2. The van der Waals surface area contributed by atoms with Gasteiger partial charge in [-0.15, -0.1) is 0 Å². The molecule has 0 bridgehead atoms. The molecule has 1 heterocycles. The number of allylic oxidation sites excluding steroid dienone is 2. The molecule has 0 radical (unpaired) electrons. The molecule has 2 aliphatic carbocycles. The van der Waals surface area contributed by atoms with Crippen LogP contribution in [0.1, 0.15) is 64.6 Å². The van der Waals surface area contributed by atoms with Crippen LogP contribution in [0.15, 0.2) is 84.5 Å². The number of ether oxygens (including phenoxy) is 1. The Labute approximate surface area is 241 Å². The van der Waals surface area contributed by atoms with Gasteiger partial charge in [0.1, 0.15) is 5.56 Å². The quantitative estimate of drug-likeness (QED) is 0.324. The third-order valence-corrected chi connectivity index (χ3v) is 7.96. The number of nitrogens with one attached hydrogen (secondary N) is 2. The van der Waals surface area contributed by atoms with Crippen LogP contribution >= 0.6 is 0 Å². The summed E-state index contributed by atoms with van der Waals surface area (Å²) in [7, 11) is 2.11. The summed E-state index contributed by atoms with van der Waals surface area (Å²) in [6.07, 6.45) is 6.81. The molecule has 6 rings (SSSR count). The van der Waals surface area contributed by atoms with Gasteiger partial charge >= 0.3 is 0 Å². The van der Waals surface area contributed by atoms with Crippen molar-refractivity contribution in [3.05, 3.63) is 112 Å². The molecule has 1 aliphatic heterocycles. The largest absolute Gasteiger partial charge is 0.468 e. The van der Waals surface area contributed by atoms with Crippen LogP contribution in [0, 0.1) is 5.41 Å². The van der Waals surface area contributed by atoms with Crippen LogP contribution in [-0.2, 0) is 6.54 Å². The standard InChI is InChI=1S/C35H35N3O3/c1-35(2,3)23-15-16-26-28(19-23)41-29-20-27(36-17-10-18-38(4)21-22-11-6-5-7-12-22)30-31(32(29)37-26)34(40)25-14-9-8-13-24(25)33(30)39/h5-9,11-16,19-20,28,36H,10,17-18,21H2,1-4H3/p+1. The average Bonchev–Trinajstić information content (AvgIpc) is 2.96. The molecule has 0 saturated heterocycles. The molecular formula is C35H36N3O3+. The number of carbonyl (C=O) groups excluding carboxylic acids is 2. The van der Waals surface area contributed by atoms with Crippen molar-refractivity contribution in [3.63, 3.8) is 0 Å². The van der Waals surface area contributed by atoms with Crippen molar-refractivity contribution >= 4 is 28.7 Å². The van der Waals surface area contributed by atoms with Crippen molar-refractivity contribution in [2.75, 3.05) is 25.5 Å². The summed E-state index contributed by atoms with van der Waals surface area (Å²) in [5, 5.41) is 3.49. The van der Waals surface area contributed by atoms with Gasteiger partial charge in [-0.25, -0.2) is 4.99 Å². The fraction of sp³-hybridized carbons (Fsp3) is 0.286. The van der Waals surface area contributed by atoms with Gasteiger partial charge in [-0.1, -0.05) is 81.4 Å². The van der Waals surface area contributed by atoms with E-state index in [1.54, 1.807) is 24.3 Å². The van der Waals surface area contributed by atoms with E-state index in [9.17, 15) is 9.59 Å². The summed E-state index contributed by atoms with van der Waals surface area (Å²) in [6, 6.07) is 19.4. The van der Waals surface area contributed by atoms with Gasteiger partial charge in [0.05, 0.1) is 11.3 Å². The predicted molar refractivity (Wildman–Crippen MR) is 162 cm³/mol. The molecule has 0 spiro atoms. The van der Waals surface area contributed by atoms with Gasteiger partial charge in [0, 0.05) is 36.4 Å². The highest BCUT2D eigenvalue weighted by Crippen LogP contribution is 2.42. The second-order valence-electron chi connectivity index (χ2n) is 12.1. The van der Waals surface area contributed by atoms with Gasteiger partial charge < -0.3 is 15.0 Å². The van der Waals surface area contributed by atoms with E-state index in [0.717, 1.165) is 25.2 Å². The molecule has 0 amide bonds. The Morgan fingerprint density at radius 2 is 1.61 bits per heavy atom. The van der Waals surface area contributed by atoms with Crippen LogP contribution in [0.5, 0.6) is 5.75 Å². The Kier molecular flexibility index (Phi) is 6.96. The monoisotopic (exact) mass is 546 g/mol. The Morgan fingerprint density at radius 1 is 0.927 bits per heavy atom. The van der Waals surface area contributed by atoms with Gasteiger partial charge in [-0.05, 0) is 42.6 Å². The Hall–Kier alpha value is -4.29. The van der Waals surface area contributed by atoms with Crippen molar-refractivity contribution in [1.82, 2.24) is 4.90 Å². The van der Waals surface area contributed by atoms with E-state index in [0.29, 0.717) is 45.9 Å². The fourth-order valence-corrected chi connectivity index (χ4v) is 5.75. The van der Waals surface area contributed by atoms with E-state index in [1.807, 2.05) is 18.2 Å². The maximum absolute atomic E-state index is 13.9. The second kappa shape index (κ2) is 10.6. The second-order valence-corrected chi connectivity index (χ2v) is 12.1. The lowest BCUT2D eigenvalue weighted by Crippen LogP contribution is -2.72. The number of fused-ring (bicyclic) bond motifs is 5. The molecule has 208 valence electrons. The molecule has 1 atom stereocenters. The first kappa shape index (κ1) is 26.9. The normalized spacial score (nSPS) is 17.1. The van der Waals surface area contributed by atoms with E-state index in [2.05, 4.69) is 79.4 Å². The van der Waals surface area contributed by atoms with E-state index in [-0.39, 0.29) is 23.1 Å². The Morgan fingerprint density at radius 3 is 2.32 bits per heavy atom. The Balaban J connectivity index is 1.31. The first-order valence-electron chi connectivity index (χ1n) is 14.3. The van der Waals surface area contributed by atoms with Crippen molar-refractivity contribution < 1.29 is 19.3 Å². The first-order chi connectivity index (χ1) is 19.7. The number of rotatable bonds is 7. The molecule has 0 fully saturated rings. The minimum atomic E-state index is -0.291. The predicted octanol–water partition coefficient (Wildman–Crippen LogP) is 4.85. The molecule has 3 aromatic rings. The van der Waals surface area contributed by atoms with Crippen LogP contribution in [0.3, 0.4) is 0 Å². The molecule has 3 aromatic carbocycles. The zero-order valence-electron chi connectivity index (χ0n) is 24.1. The number of nitrogens with zero attached hydrogens (tertiary/aromatic N) is 1. The van der Waals surface area contributed by atoms with Crippen LogP contribution in [0.2, 0.25) is 0 Å². The molecule has 0 aromatic heterocycles. The maximum atomic E-state index is 13.9. The van der Waals surface area contributed by atoms with Crippen LogP contribution in [0.25, 0.3) is 0 Å². The number of benzene rings is 3. The third-order valence-electron chi connectivity index (χ3n) is 7.96. The Bertz CT molecular complexity index is 1630. The summed E-state index contributed by atoms with van der Waals surface area (Å²) < 4.78 is 6.51. The average molecular weight is 547 g/mol. The van der Waals surface area contributed by atoms with E-state index in [4.69, 9.17) is 4.74 Å². The van der Waals surface area contributed by atoms with Gasteiger partial charge in [0.15, 0.2) is 11.5 Å². The maximum Gasteiger partial charge on any atom is 0.258 e. The van der Waals surface area contributed by atoms with Crippen molar-refractivity contribution in [2.24, 2.45) is 5.41 Å². The summed E-state index contributed by atoms with van der Waals surface area (Å²) in [5.74, 6) is 0.254. The zero-order chi connectivity index (χ0) is 28.7. The lowest BCUT2D eigenvalue weighted by atomic mass is 9.81. The third kappa shape index (κ3) is 5.16. The van der Waals surface area contributed by atoms with Crippen molar-refractivity contribution in [3.8, 4) is 5.75 Å². The molecule has 6 nitrogen and oxygen atoms in total. The van der Waals surface area contributed by atoms with Crippen LogP contribution in [0.4, 0.5) is 11.4 Å². The number of hydrogen-bond donors (Lipinski definition) is 2. The highest BCUT2D eigenvalue weighted by Gasteiger charge is 2.41. The highest BCUT2D eigenvalue weighted by molar-refractivity contribution is 6.32. The number of hydrogen-bond acceptors (Lipinski definition) is 5. The molecule has 2 N–H and O–H groups in total. The van der Waals surface area contributed by atoms with Crippen molar-refractivity contribution in [2.45, 2.75) is 39.8 Å². The smallest absolute Gasteiger partial charge is 0.258 e. The van der Waals surface area contributed by atoms with Crippen LogP contribution < -0.4 is 15.0 Å². The summed E-state index contributed by atoms with van der Waals surface area (Å²) in [5.41, 5.74) is 6.14. The van der Waals surface area contributed by atoms with E-state index in [1.165, 1.54) is 11.1 Å². The lowest BCUT2D eigenvalue weighted by molar-refractivity contribution is -0.362. The summed E-state index contributed by atoms with van der Waals surface area (Å²) >= 11 is 0.